The number of nitrogens with zero attached hydrogens (tertiary/aromatic N) is 1. The van der Waals surface area contributed by atoms with Gasteiger partial charge in [0.2, 0.25) is 0 Å². The number of pyridine rings is 1. The molecule has 0 bridgehead atoms. The zero-order valence-electron chi connectivity index (χ0n) is 8.59. The second kappa shape index (κ2) is 5.25. The standard InChI is InChI=1S/C10H12ClNO4/c1-5-2-3-6(10(11)12-5)9(16)7(13)4-8(14)15/h2-3,7,9,13,16H,4H2,1H3,(H,14,15). The highest BCUT2D eigenvalue weighted by Crippen LogP contribution is 2.25. The minimum Gasteiger partial charge on any atom is -0.481 e. The second-order valence-corrected chi connectivity index (χ2v) is 3.80. The first-order valence-corrected chi connectivity index (χ1v) is 5.00. The molecular weight excluding hydrogens is 234 g/mol. The summed E-state index contributed by atoms with van der Waals surface area (Å²) in [4.78, 5) is 14.3. The van der Waals surface area contributed by atoms with Gasteiger partial charge in [-0.3, -0.25) is 4.79 Å². The fourth-order valence-corrected chi connectivity index (χ4v) is 1.56. The Bertz CT molecular complexity index is 396. The Labute approximate surface area is 97.3 Å². The molecule has 0 aliphatic rings. The van der Waals surface area contributed by atoms with E-state index in [1.54, 1.807) is 13.0 Å². The number of rotatable bonds is 4. The SMILES string of the molecule is Cc1ccc(C(O)C(O)CC(=O)O)c(Cl)n1. The number of carbonyl (C=O) groups is 1. The molecule has 1 aromatic heterocycles. The molecule has 0 aromatic carbocycles. The van der Waals surface area contributed by atoms with E-state index in [0.29, 0.717) is 5.69 Å². The van der Waals surface area contributed by atoms with Crippen LogP contribution in [0, 0.1) is 6.92 Å². The van der Waals surface area contributed by atoms with Gasteiger partial charge in [0.25, 0.3) is 0 Å². The molecule has 3 N–H and O–H groups in total. The van der Waals surface area contributed by atoms with Crippen LogP contribution in [0.5, 0.6) is 0 Å². The van der Waals surface area contributed by atoms with Crippen molar-refractivity contribution in [2.24, 2.45) is 0 Å². The number of aliphatic hydroxyl groups excluding tert-OH is 2. The minimum atomic E-state index is -1.40. The van der Waals surface area contributed by atoms with Crippen molar-refractivity contribution in [3.05, 3.63) is 28.5 Å². The van der Waals surface area contributed by atoms with Crippen molar-refractivity contribution in [1.82, 2.24) is 4.98 Å². The Balaban J connectivity index is 2.87. The van der Waals surface area contributed by atoms with E-state index in [4.69, 9.17) is 16.7 Å². The zero-order valence-corrected chi connectivity index (χ0v) is 9.35. The van der Waals surface area contributed by atoms with Gasteiger partial charge in [-0.25, -0.2) is 4.98 Å². The largest absolute Gasteiger partial charge is 0.481 e. The van der Waals surface area contributed by atoms with E-state index in [1.165, 1.54) is 6.07 Å². The molecule has 0 saturated heterocycles. The second-order valence-electron chi connectivity index (χ2n) is 3.44. The third-order valence-electron chi connectivity index (χ3n) is 2.08. The van der Waals surface area contributed by atoms with E-state index < -0.39 is 24.6 Å². The predicted molar refractivity (Wildman–Crippen MR) is 57.2 cm³/mol. The zero-order chi connectivity index (χ0) is 12.3. The molecule has 0 saturated carbocycles. The minimum absolute atomic E-state index is 0.0666. The molecule has 16 heavy (non-hydrogen) atoms. The normalized spacial score (nSPS) is 14.5. The number of hydrogen-bond acceptors (Lipinski definition) is 4. The van der Waals surface area contributed by atoms with Crippen LogP contribution < -0.4 is 0 Å². The van der Waals surface area contributed by atoms with Gasteiger partial charge in [-0.2, -0.15) is 0 Å². The maximum absolute atomic E-state index is 10.4. The summed E-state index contributed by atoms with van der Waals surface area (Å²) in [6, 6.07) is 3.14. The number of hydrogen-bond donors (Lipinski definition) is 3. The van der Waals surface area contributed by atoms with Crippen LogP contribution in [0.15, 0.2) is 12.1 Å². The van der Waals surface area contributed by atoms with Crippen LogP contribution >= 0.6 is 11.6 Å². The number of carboxylic acid groups (broad SMARTS) is 1. The van der Waals surface area contributed by atoms with Gasteiger partial charge in [0.05, 0.1) is 12.5 Å². The van der Waals surface area contributed by atoms with Gasteiger partial charge in [-0.1, -0.05) is 17.7 Å². The Morgan fingerprint density at radius 2 is 2.12 bits per heavy atom. The van der Waals surface area contributed by atoms with E-state index in [2.05, 4.69) is 4.98 Å². The first kappa shape index (κ1) is 12.9. The molecule has 1 rings (SSSR count). The fourth-order valence-electron chi connectivity index (χ4n) is 1.25. The molecule has 0 spiro atoms. The average Bonchev–Trinajstić information content (AvgIpc) is 2.15. The number of aliphatic carboxylic acids is 1. The van der Waals surface area contributed by atoms with E-state index in [9.17, 15) is 15.0 Å². The van der Waals surface area contributed by atoms with Gasteiger partial charge >= 0.3 is 5.97 Å². The van der Waals surface area contributed by atoms with Crippen LogP contribution in [0.4, 0.5) is 0 Å². The van der Waals surface area contributed by atoms with Crippen LogP contribution in [0.3, 0.4) is 0 Å². The maximum atomic E-state index is 10.4. The topological polar surface area (TPSA) is 90.7 Å². The van der Waals surface area contributed by atoms with Crippen LogP contribution in [-0.2, 0) is 4.79 Å². The van der Waals surface area contributed by atoms with E-state index in [1.807, 2.05) is 0 Å². The summed E-state index contributed by atoms with van der Waals surface area (Å²) in [6.45, 7) is 1.73. The van der Waals surface area contributed by atoms with Crippen molar-refractivity contribution in [1.29, 1.82) is 0 Å². The first-order valence-electron chi connectivity index (χ1n) is 4.62. The number of halogens is 1. The quantitative estimate of drug-likeness (QED) is 0.686. The third-order valence-corrected chi connectivity index (χ3v) is 2.39. The molecule has 6 heteroatoms. The Hall–Kier alpha value is -1.17. The molecule has 88 valence electrons. The fraction of sp³-hybridized carbons (Fsp3) is 0.400. The summed E-state index contributed by atoms with van der Waals surface area (Å²) in [7, 11) is 0. The molecule has 1 heterocycles. The van der Waals surface area contributed by atoms with Crippen molar-refractivity contribution in [3.8, 4) is 0 Å². The number of aryl methyl sites for hydroxylation is 1. The average molecular weight is 246 g/mol. The van der Waals surface area contributed by atoms with Gasteiger partial charge in [-0.15, -0.1) is 0 Å². The highest BCUT2D eigenvalue weighted by molar-refractivity contribution is 6.30. The maximum Gasteiger partial charge on any atom is 0.306 e. The lowest BCUT2D eigenvalue weighted by Gasteiger charge is -2.17. The number of aromatic nitrogens is 1. The molecule has 0 aliphatic carbocycles. The Morgan fingerprint density at radius 1 is 1.50 bits per heavy atom. The molecule has 0 amide bonds. The molecule has 5 nitrogen and oxygen atoms in total. The monoisotopic (exact) mass is 245 g/mol. The van der Waals surface area contributed by atoms with Crippen LogP contribution in [0.2, 0.25) is 5.15 Å². The Kier molecular flexibility index (Phi) is 4.23. The van der Waals surface area contributed by atoms with Crippen LogP contribution in [0.1, 0.15) is 23.8 Å². The molecule has 0 aliphatic heterocycles. The first-order chi connectivity index (χ1) is 7.41. The summed E-state index contributed by atoms with van der Waals surface area (Å²) in [6.07, 6.45) is -3.30. The van der Waals surface area contributed by atoms with E-state index >= 15 is 0 Å². The number of aliphatic hydroxyl groups is 2. The van der Waals surface area contributed by atoms with Crippen LogP contribution in [0.25, 0.3) is 0 Å². The molecule has 0 radical (unpaired) electrons. The predicted octanol–water partition coefficient (Wildman–Crippen LogP) is 0.912. The summed E-state index contributed by atoms with van der Waals surface area (Å²) in [5.74, 6) is -1.19. The molecule has 1 aromatic rings. The third kappa shape index (κ3) is 3.16. The van der Waals surface area contributed by atoms with Crippen molar-refractivity contribution >= 4 is 17.6 Å². The smallest absolute Gasteiger partial charge is 0.306 e. The highest BCUT2D eigenvalue weighted by Gasteiger charge is 2.23. The van der Waals surface area contributed by atoms with Crippen molar-refractivity contribution in [2.75, 3.05) is 0 Å². The van der Waals surface area contributed by atoms with Gasteiger partial charge in [-0.05, 0) is 13.0 Å². The summed E-state index contributed by atoms with van der Waals surface area (Å²) in [5, 5.41) is 27.6. The molecule has 2 unspecified atom stereocenters. The lowest BCUT2D eigenvalue weighted by molar-refractivity contribution is -0.141. The van der Waals surface area contributed by atoms with Gasteiger partial charge in [0.15, 0.2) is 0 Å². The lowest BCUT2D eigenvalue weighted by atomic mass is 10.0. The lowest BCUT2D eigenvalue weighted by Crippen LogP contribution is -2.22. The van der Waals surface area contributed by atoms with Crippen LogP contribution in [-0.4, -0.2) is 32.4 Å². The number of carboxylic acids is 1. The van der Waals surface area contributed by atoms with Crippen molar-refractivity contribution in [2.45, 2.75) is 25.6 Å². The van der Waals surface area contributed by atoms with Gasteiger partial charge in [0, 0.05) is 11.3 Å². The van der Waals surface area contributed by atoms with E-state index in [0.717, 1.165) is 0 Å². The molecular formula is C10H12ClNO4. The summed E-state index contributed by atoms with van der Waals surface area (Å²) >= 11 is 5.78. The van der Waals surface area contributed by atoms with Crippen molar-refractivity contribution in [3.63, 3.8) is 0 Å². The highest BCUT2D eigenvalue weighted by atomic mass is 35.5. The van der Waals surface area contributed by atoms with E-state index in [-0.39, 0.29) is 10.7 Å². The molecule has 2 atom stereocenters. The van der Waals surface area contributed by atoms with Gasteiger partial charge in [0.1, 0.15) is 11.3 Å². The van der Waals surface area contributed by atoms with Gasteiger partial charge < -0.3 is 15.3 Å². The molecule has 0 fully saturated rings. The Morgan fingerprint density at radius 3 is 2.62 bits per heavy atom. The summed E-state index contributed by atoms with van der Waals surface area (Å²) < 4.78 is 0. The van der Waals surface area contributed by atoms with Crippen molar-refractivity contribution < 1.29 is 20.1 Å². The summed E-state index contributed by atoms with van der Waals surface area (Å²) in [5.41, 5.74) is 0.898.